The van der Waals surface area contributed by atoms with Crippen LogP contribution in [0.15, 0.2) is 53.3 Å². The Kier molecular flexibility index (Phi) is 5.83. The van der Waals surface area contributed by atoms with Crippen LogP contribution in [-0.2, 0) is 33.6 Å². The van der Waals surface area contributed by atoms with Crippen LogP contribution in [0.5, 0.6) is 11.5 Å². The average molecular weight is 506 g/mol. The molecular formula is C28H27NO8. The normalized spacial score (nSPS) is 24.9. The molecule has 0 aromatic heterocycles. The molecule has 1 amide bonds. The molecule has 3 unspecified atom stereocenters. The number of carbonyl (C=O) groups is 3. The van der Waals surface area contributed by atoms with E-state index in [0.29, 0.717) is 18.4 Å². The number of amides is 1. The van der Waals surface area contributed by atoms with Crippen molar-refractivity contribution in [2.45, 2.75) is 37.7 Å². The number of ketones is 2. The van der Waals surface area contributed by atoms with Crippen LogP contribution in [0.4, 0.5) is 0 Å². The fourth-order valence-electron chi connectivity index (χ4n) is 6.03. The number of hydrogen-bond donors (Lipinski definition) is 5. The van der Waals surface area contributed by atoms with Crippen molar-refractivity contribution in [2.24, 2.45) is 17.6 Å². The molecule has 2 aromatic rings. The van der Waals surface area contributed by atoms with Gasteiger partial charge in [-0.3, -0.25) is 14.4 Å². The van der Waals surface area contributed by atoms with Crippen LogP contribution in [0, 0.1) is 11.8 Å². The highest BCUT2D eigenvalue weighted by Gasteiger charge is 2.60. The molecular weight excluding hydrogens is 478 g/mol. The molecule has 9 nitrogen and oxygen atoms in total. The number of carbonyl (C=O) groups excluding carboxylic acids is 3. The zero-order chi connectivity index (χ0) is 26.6. The smallest absolute Gasteiger partial charge is 0.255 e. The first kappa shape index (κ1) is 24.6. The average Bonchev–Trinajstić information content (AvgIpc) is 2.85. The molecule has 9 heteroatoms. The lowest BCUT2D eigenvalue weighted by Gasteiger charge is -2.46. The number of aliphatic hydroxyl groups is 3. The number of aromatic hydroxyl groups is 1. The second kappa shape index (κ2) is 8.77. The SMILES string of the molecule is COc1cccc(CCc2ccc(O)c3c2CC2CC4CC(=O)C(C(N)=O)=C(O)C4(O)C(=O)C2=C3O)c1. The number of phenols is 1. The van der Waals surface area contributed by atoms with Crippen molar-refractivity contribution in [3.05, 3.63) is 75.6 Å². The number of ether oxygens (including phenoxy) is 1. The monoisotopic (exact) mass is 505 g/mol. The van der Waals surface area contributed by atoms with Gasteiger partial charge in [-0.25, -0.2) is 0 Å². The lowest BCUT2D eigenvalue weighted by molar-refractivity contribution is -0.147. The van der Waals surface area contributed by atoms with Crippen molar-refractivity contribution >= 4 is 23.2 Å². The third-order valence-corrected chi connectivity index (χ3v) is 7.86. The van der Waals surface area contributed by atoms with E-state index in [4.69, 9.17) is 10.5 Å². The second-order valence-corrected chi connectivity index (χ2v) is 9.86. The summed E-state index contributed by atoms with van der Waals surface area (Å²) < 4.78 is 5.29. The fraction of sp³-hybridized carbons (Fsp3) is 0.321. The minimum absolute atomic E-state index is 0.105. The van der Waals surface area contributed by atoms with Crippen LogP contribution in [0.1, 0.15) is 35.1 Å². The zero-order valence-electron chi connectivity index (χ0n) is 20.2. The molecule has 192 valence electrons. The standard InChI is InChI=1S/C28H27NO8/c1-37-17-4-2-3-13(9-17)5-6-14-7-8-19(30)22-18(14)11-15-10-16-12-20(31)23(27(29)35)26(34)28(16,36)25(33)21(15)24(22)32/h2-4,7-9,15-16,30,32,34,36H,5-6,10-12H2,1H3,(H2,29,35). The van der Waals surface area contributed by atoms with Crippen LogP contribution in [-0.4, -0.2) is 50.6 Å². The van der Waals surface area contributed by atoms with Crippen LogP contribution < -0.4 is 10.5 Å². The van der Waals surface area contributed by atoms with E-state index >= 15 is 0 Å². The van der Waals surface area contributed by atoms with Crippen molar-refractivity contribution < 1.29 is 39.5 Å². The predicted molar refractivity (Wildman–Crippen MR) is 132 cm³/mol. The van der Waals surface area contributed by atoms with Crippen molar-refractivity contribution in [1.82, 2.24) is 0 Å². The number of primary amides is 1. The molecule has 0 saturated heterocycles. The number of rotatable bonds is 5. The molecule has 5 rings (SSSR count). The van der Waals surface area contributed by atoms with E-state index in [1.807, 2.05) is 24.3 Å². The summed E-state index contributed by atoms with van der Waals surface area (Å²) in [5.74, 6) is -5.56. The van der Waals surface area contributed by atoms with Crippen molar-refractivity contribution in [1.29, 1.82) is 0 Å². The molecule has 0 aliphatic heterocycles. The number of methoxy groups -OCH3 is 1. The number of fused-ring (bicyclic) bond motifs is 3. The number of benzene rings is 2. The predicted octanol–water partition coefficient (Wildman–Crippen LogP) is 2.22. The van der Waals surface area contributed by atoms with E-state index < -0.39 is 52.0 Å². The second-order valence-electron chi connectivity index (χ2n) is 9.86. The van der Waals surface area contributed by atoms with Gasteiger partial charge in [-0.05, 0) is 66.5 Å². The van der Waals surface area contributed by atoms with Crippen LogP contribution >= 0.6 is 0 Å². The number of aliphatic hydroxyl groups excluding tert-OH is 2. The van der Waals surface area contributed by atoms with E-state index in [0.717, 1.165) is 16.9 Å². The summed E-state index contributed by atoms with van der Waals surface area (Å²) in [6, 6.07) is 10.9. The van der Waals surface area contributed by atoms with E-state index in [1.54, 1.807) is 13.2 Å². The number of aryl methyl sites for hydroxylation is 2. The summed E-state index contributed by atoms with van der Waals surface area (Å²) >= 11 is 0. The van der Waals surface area contributed by atoms with Crippen molar-refractivity contribution in [3.63, 3.8) is 0 Å². The molecule has 0 heterocycles. The van der Waals surface area contributed by atoms with E-state index in [-0.39, 0.29) is 36.1 Å². The number of phenolic OH excluding ortho intramolecular Hbond substituents is 1. The molecule has 1 fully saturated rings. The molecule has 0 spiro atoms. The first-order valence-electron chi connectivity index (χ1n) is 12.0. The van der Waals surface area contributed by atoms with Gasteiger partial charge < -0.3 is 30.9 Å². The third-order valence-electron chi connectivity index (χ3n) is 7.86. The van der Waals surface area contributed by atoms with Crippen LogP contribution in [0.2, 0.25) is 0 Å². The van der Waals surface area contributed by atoms with Gasteiger partial charge in [-0.1, -0.05) is 18.2 Å². The highest BCUT2D eigenvalue weighted by atomic mass is 16.5. The Labute approximate surface area is 212 Å². The van der Waals surface area contributed by atoms with Gasteiger partial charge >= 0.3 is 0 Å². The number of nitrogens with two attached hydrogens (primary N) is 1. The lowest BCUT2D eigenvalue weighted by atomic mass is 9.59. The Morgan fingerprint density at radius 2 is 1.86 bits per heavy atom. The maximum absolute atomic E-state index is 13.6. The zero-order valence-corrected chi connectivity index (χ0v) is 20.2. The lowest BCUT2D eigenvalue weighted by Crippen LogP contribution is -2.58. The van der Waals surface area contributed by atoms with Gasteiger partial charge in [0.15, 0.2) is 11.4 Å². The summed E-state index contributed by atoms with van der Waals surface area (Å²) in [6.07, 6.45) is 1.31. The van der Waals surface area contributed by atoms with Gasteiger partial charge in [0, 0.05) is 17.9 Å². The fourth-order valence-corrected chi connectivity index (χ4v) is 6.03. The van der Waals surface area contributed by atoms with Crippen LogP contribution in [0.3, 0.4) is 0 Å². The molecule has 1 saturated carbocycles. The molecule has 2 aromatic carbocycles. The Hall–Kier alpha value is -4.11. The first-order valence-corrected chi connectivity index (χ1v) is 12.0. The summed E-state index contributed by atoms with van der Waals surface area (Å²) in [6.45, 7) is 0. The van der Waals surface area contributed by atoms with Crippen LogP contribution in [0.25, 0.3) is 5.76 Å². The Balaban J connectivity index is 1.56. The number of Topliss-reactive ketones (excluding diaryl/α,β-unsaturated/α-hetero) is 2. The minimum atomic E-state index is -2.56. The van der Waals surface area contributed by atoms with Gasteiger partial charge in [0.05, 0.1) is 12.7 Å². The largest absolute Gasteiger partial charge is 0.508 e. The molecule has 6 N–H and O–H groups in total. The summed E-state index contributed by atoms with van der Waals surface area (Å²) in [5.41, 5.74) is 4.44. The highest BCUT2D eigenvalue weighted by Crippen LogP contribution is 2.52. The Morgan fingerprint density at radius 1 is 1.11 bits per heavy atom. The van der Waals surface area contributed by atoms with E-state index in [9.17, 15) is 34.8 Å². The van der Waals surface area contributed by atoms with Gasteiger partial charge in [-0.15, -0.1) is 0 Å². The van der Waals surface area contributed by atoms with Gasteiger partial charge in [0.25, 0.3) is 5.91 Å². The summed E-state index contributed by atoms with van der Waals surface area (Å²) in [7, 11) is 1.60. The highest BCUT2D eigenvalue weighted by molar-refractivity contribution is 6.22. The molecule has 37 heavy (non-hydrogen) atoms. The molecule has 3 aliphatic rings. The summed E-state index contributed by atoms with van der Waals surface area (Å²) in [5, 5.41) is 43.8. The Morgan fingerprint density at radius 3 is 2.57 bits per heavy atom. The topological polar surface area (TPSA) is 167 Å². The molecule has 0 bridgehead atoms. The molecule has 3 aliphatic carbocycles. The maximum Gasteiger partial charge on any atom is 0.255 e. The minimum Gasteiger partial charge on any atom is -0.508 e. The maximum atomic E-state index is 13.6. The van der Waals surface area contributed by atoms with Crippen molar-refractivity contribution in [3.8, 4) is 11.5 Å². The van der Waals surface area contributed by atoms with E-state index in [1.165, 1.54) is 6.07 Å². The van der Waals surface area contributed by atoms with Crippen molar-refractivity contribution in [2.75, 3.05) is 7.11 Å². The molecule has 0 radical (unpaired) electrons. The first-order chi connectivity index (χ1) is 17.6. The quantitative estimate of drug-likeness (QED) is 0.386. The van der Waals surface area contributed by atoms with Gasteiger partial charge in [0.2, 0.25) is 5.78 Å². The van der Waals surface area contributed by atoms with Gasteiger partial charge in [0.1, 0.15) is 28.6 Å². The van der Waals surface area contributed by atoms with E-state index in [2.05, 4.69) is 0 Å². The number of hydrogen-bond acceptors (Lipinski definition) is 8. The Bertz CT molecular complexity index is 1420. The van der Waals surface area contributed by atoms with Gasteiger partial charge in [-0.2, -0.15) is 0 Å². The molecule has 3 atom stereocenters. The summed E-state index contributed by atoms with van der Waals surface area (Å²) in [4.78, 5) is 37.8. The third kappa shape index (κ3) is 3.69.